The fourth-order valence-corrected chi connectivity index (χ4v) is 4.63. The third-order valence-electron chi connectivity index (χ3n) is 6.12. The molecular weight excluding hydrogens is 502 g/mol. The van der Waals surface area contributed by atoms with Gasteiger partial charge in [0.1, 0.15) is 0 Å². The molecule has 37 heavy (non-hydrogen) atoms. The Morgan fingerprint density at radius 3 is 0.892 bits per heavy atom. The van der Waals surface area contributed by atoms with Gasteiger partial charge in [0, 0.05) is 0 Å². The van der Waals surface area contributed by atoms with Crippen LogP contribution >= 0.6 is 0 Å². The summed E-state index contributed by atoms with van der Waals surface area (Å²) in [4.78, 5) is 0. The Hall–Kier alpha value is 1.09. The molecule has 0 spiro atoms. The molecule has 1 aromatic rings. The van der Waals surface area contributed by atoms with Crippen LogP contribution in [0.15, 0.2) is 36.4 Å². The van der Waals surface area contributed by atoms with E-state index in [0.717, 1.165) is 38.5 Å². The summed E-state index contributed by atoms with van der Waals surface area (Å²) in [5.74, 6) is 0. The standard InChI is InChI=1S/C24H50O4S.C6H6.2Na.2H/c1-3-5-7-9-11-13-15-17-19-21-23-27-29(25,26)28-24-22-20-18-16-14-12-10-8-6-4-2;1-2-4-6-5-3-1;;;;/h3-24H2,1-2H3;1-6H;;;;/q;;2*+1;2*-1. The zero-order valence-corrected chi connectivity index (χ0v) is 29.9. The molecule has 0 aliphatic heterocycles. The zero-order valence-electron chi connectivity index (χ0n) is 27.1. The molecule has 0 fully saturated rings. The summed E-state index contributed by atoms with van der Waals surface area (Å²) in [5.41, 5.74) is 0. The van der Waals surface area contributed by atoms with E-state index in [2.05, 4.69) is 13.8 Å². The first kappa shape index (κ1) is 42.6. The Balaban J connectivity index is -0.000000338. The van der Waals surface area contributed by atoms with Crippen molar-refractivity contribution in [1.29, 1.82) is 0 Å². The van der Waals surface area contributed by atoms with Gasteiger partial charge in [0.15, 0.2) is 0 Å². The Labute approximate surface area is 278 Å². The van der Waals surface area contributed by atoms with Gasteiger partial charge in [0.2, 0.25) is 0 Å². The maximum absolute atomic E-state index is 11.7. The molecule has 1 rings (SSSR count). The number of hydrogen-bond donors (Lipinski definition) is 0. The van der Waals surface area contributed by atoms with Gasteiger partial charge >= 0.3 is 69.5 Å². The predicted molar refractivity (Wildman–Crippen MR) is 153 cm³/mol. The molecule has 0 aliphatic carbocycles. The molecule has 0 unspecified atom stereocenters. The van der Waals surface area contributed by atoms with Crippen molar-refractivity contribution in [2.45, 2.75) is 142 Å². The summed E-state index contributed by atoms with van der Waals surface area (Å²) in [6.45, 7) is 4.98. The maximum Gasteiger partial charge on any atom is 1.00 e. The second-order valence-electron chi connectivity index (χ2n) is 9.57. The van der Waals surface area contributed by atoms with Crippen molar-refractivity contribution in [2.24, 2.45) is 0 Å². The minimum Gasteiger partial charge on any atom is -1.00 e. The molecule has 7 heteroatoms. The van der Waals surface area contributed by atoms with Gasteiger partial charge in [-0.15, -0.1) is 0 Å². The van der Waals surface area contributed by atoms with E-state index >= 15 is 0 Å². The molecule has 4 nitrogen and oxygen atoms in total. The van der Waals surface area contributed by atoms with E-state index in [1.165, 1.54) is 89.9 Å². The molecule has 0 heterocycles. The summed E-state index contributed by atoms with van der Waals surface area (Å²) in [5, 5.41) is 0. The SMILES string of the molecule is CCCCCCCCCCCCOS(=O)(=O)OCCCCCCCCCCCC.[H-].[H-].[Na+].[Na+].c1ccccc1. The van der Waals surface area contributed by atoms with E-state index in [4.69, 9.17) is 8.37 Å². The van der Waals surface area contributed by atoms with Crippen LogP contribution in [0.5, 0.6) is 0 Å². The Kier molecular flexibility index (Phi) is 40.4. The fourth-order valence-electron chi connectivity index (χ4n) is 3.92. The summed E-state index contributed by atoms with van der Waals surface area (Å²) in [6, 6.07) is 12.0. The minimum atomic E-state index is -3.80. The second-order valence-corrected chi connectivity index (χ2v) is 10.9. The van der Waals surface area contributed by atoms with Crippen molar-refractivity contribution in [3.05, 3.63) is 36.4 Å². The van der Waals surface area contributed by atoms with Crippen LogP contribution in [0.2, 0.25) is 0 Å². The molecule has 0 N–H and O–H groups in total. The van der Waals surface area contributed by atoms with Gasteiger partial charge in [-0.1, -0.05) is 166 Å². The topological polar surface area (TPSA) is 52.6 Å². The molecule has 0 saturated carbocycles. The van der Waals surface area contributed by atoms with E-state index < -0.39 is 10.4 Å². The summed E-state index contributed by atoms with van der Waals surface area (Å²) in [7, 11) is -3.80. The van der Waals surface area contributed by atoms with E-state index in [0.29, 0.717) is 0 Å². The van der Waals surface area contributed by atoms with E-state index in [1.807, 2.05) is 36.4 Å². The fraction of sp³-hybridized carbons (Fsp3) is 0.800. The molecule has 0 amide bonds. The van der Waals surface area contributed by atoms with E-state index in [9.17, 15) is 8.42 Å². The van der Waals surface area contributed by atoms with Crippen molar-refractivity contribution in [3.63, 3.8) is 0 Å². The van der Waals surface area contributed by atoms with Crippen LogP contribution in [-0.4, -0.2) is 21.6 Å². The molecule has 0 aliphatic rings. The van der Waals surface area contributed by atoms with Gasteiger partial charge in [0.05, 0.1) is 13.2 Å². The first-order chi connectivity index (χ1) is 17.1. The van der Waals surface area contributed by atoms with Gasteiger partial charge in [-0.2, -0.15) is 8.42 Å². The normalized spacial score (nSPS) is 10.6. The number of benzene rings is 1. The minimum absolute atomic E-state index is 0. The Morgan fingerprint density at radius 2 is 0.649 bits per heavy atom. The van der Waals surface area contributed by atoms with Crippen LogP contribution in [0, 0.1) is 0 Å². The van der Waals surface area contributed by atoms with E-state index in [1.54, 1.807) is 0 Å². The van der Waals surface area contributed by atoms with Crippen LogP contribution in [-0.2, 0) is 18.8 Å². The predicted octanol–water partition coefficient (Wildman–Crippen LogP) is 4.03. The molecule has 0 radical (unpaired) electrons. The summed E-state index contributed by atoms with van der Waals surface area (Å²) >= 11 is 0. The molecular formula is C30H58Na2O4S. The van der Waals surface area contributed by atoms with Crippen LogP contribution in [0.25, 0.3) is 0 Å². The van der Waals surface area contributed by atoms with Crippen LogP contribution in [0.3, 0.4) is 0 Å². The van der Waals surface area contributed by atoms with Crippen molar-refractivity contribution in [2.75, 3.05) is 13.2 Å². The smallest absolute Gasteiger partial charge is 1.00 e. The maximum atomic E-state index is 11.7. The second kappa shape index (κ2) is 35.1. The van der Waals surface area contributed by atoms with Gasteiger partial charge < -0.3 is 2.85 Å². The molecule has 0 aromatic heterocycles. The van der Waals surface area contributed by atoms with Crippen molar-refractivity contribution < 1.29 is 78.8 Å². The molecule has 0 atom stereocenters. The number of unbranched alkanes of at least 4 members (excludes halogenated alkanes) is 18. The largest absolute Gasteiger partial charge is 1.00 e. The van der Waals surface area contributed by atoms with Crippen LogP contribution in [0.4, 0.5) is 0 Å². The average Bonchev–Trinajstić information content (AvgIpc) is 2.87. The number of hydrogen-bond acceptors (Lipinski definition) is 4. The Morgan fingerprint density at radius 1 is 0.432 bits per heavy atom. The monoisotopic (exact) mass is 560 g/mol. The third-order valence-corrected chi connectivity index (χ3v) is 7.03. The van der Waals surface area contributed by atoms with Gasteiger partial charge in [-0.05, 0) is 12.8 Å². The van der Waals surface area contributed by atoms with Gasteiger partial charge in [0.25, 0.3) is 0 Å². The van der Waals surface area contributed by atoms with Crippen LogP contribution in [0.1, 0.15) is 145 Å². The first-order valence-electron chi connectivity index (χ1n) is 14.7. The first-order valence-corrected chi connectivity index (χ1v) is 16.0. The molecule has 0 bridgehead atoms. The number of rotatable bonds is 24. The Bertz CT molecular complexity index is 568. The van der Waals surface area contributed by atoms with Crippen LogP contribution < -0.4 is 59.1 Å². The molecule has 1 aromatic carbocycles. The van der Waals surface area contributed by atoms with Gasteiger partial charge in [-0.25, -0.2) is 8.37 Å². The van der Waals surface area contributed by atoms with Crippen molar-refractivity contribution in [3.8, 4) is 0 Å². The third kappa shape index (κ3) is 37.1. The average molecular weight is 561 g/mol. The quantitative estimate of drug-likeness (QED) is 0.142. The van der Waals surface area contributed by atoms with Gasteiger partial charge in [-0.3, -0.25) is 0 Å². The van der Waals surface area contributed by atoms with Crippen molar-refractivity contribution >= 4 is 10.4 Å². The zero-order chi connectivity index (χ0) is 25.7. The van der Waals surface area contributed by atoms with E-state index in [-0.39, 0.29) is 75.2 Å². The van der Waals surface area contributed by atoms with Crippen molar-refractivity contribution in [1.82, 2.24) is 0 Å². The summed E-state index contributed by atoms with van der Waals surface area (Å²) < 4.78 is 33.3. The summed E-state index contributed by atoms with van der Waals surface area (Å²) in [6.07, 6.45) is 24.4. The molecule has 210 valence electrons. The molecule has 0 saturated heterocycles.